The van der Waals surface area contributed by atoms with E-state index in [1.165, 1.54) is 14.1 Å². The lowest BCUT2D eigenvalue weighted by molar-refractivity contribution is -0.163. The number of nitrogens with zero attached hydrogens (tertiary/aromatic N) is 6. The van der Waals surface area contributed by atoms with E-state index in [0.29, 0.717) is 79.9 Å². The lowest BCUT2D eigenvalue weighted by Gasteiger charge is -2.32. The van der Waals surface area contributed by atoms with E-state index in [1.54, 1.807) is 58.6 Å². The molecule has 20 heteroatoms. The Kier molecular flexibility index (Phi) is 18.5. The molecule has 7 rings (SSSR count). The summed E-state index contributed by atoms with van der Waals surface area (Å²) in [4.78, 5) is 74.3. The van der Waals surface area contributed by atoms with Crippen LogP contribution in [-0.4, -0.2) is 127 Å². The average molecular weight is 961 g/mol. The van der Waals surface area contributed by atoms with Gasteiger partial charge in [-0.2, -0.15) is 0 Å². The minimum atomic E-state index is -0.364. The number of aryl methyl sites for hydroxylation is 2. The van der Waals surface area contributed by atoms with Gasteiger partial charge in [-0.3, -0.25) is 24.0 Å². The van der Waals surface area contributed by atoms with Crippen LogP contribution in [0.15, 0.2) is 64.3 Å². The molecule has 2 aliphatic rings. The summed E-state index contributed by atoms with van der Waals surface area (Å²) in [6.07, 6.45) is 7.52. The Balaban J connectivity index is 0.000000238. The summed E-state index contributed by atoms with van der Waals surface area (Å²) < 4.78 is 25.5. The molecule has 1 atom stereocenters. The number of hydrogen-bond donors (Lipinski definition) is 4. The number of benzene rings is 2. The van der Waals surface area contributed by atoms with Gasteiger partial charge in [0.1, 0.15) is 0 Å². The van der Waals surface area contributed by atoms with Crippen LogP contribution in [0.5, 0.6) is 11.5 Å². The first-order chi connectivity index (χ1) is 32.8. The van der Waals surface area contributed by atoms with Crippen LogP contribution in [0.2, 0.25) is 5.02 Å². The number of piperidine rings is 1. The van der Waals surface area contributed by atoms with E-state index >= 15 is 0 Å². The van der Waals surface area contributed by atoms with E-state index in [-0.39, 0.29) is 72.4 Å². The highest BCUT2D eigenvalue weighted by Crippen LogP contribution is 2.27. The maximum Gasteiger partial charge on any atom is 0.293 e. The second-order valence-corrected chi connectivity index (χ2v) is 17.2. The molecule has 5 heterocycles. The van der Waals surface area contributed by atoms with Gasteiger partial charge >= 0.3 is 0 Å². The topological polar surface area (TPSA) is 235 Å². The molecule has 2 aliphatic heterocycles. The van der Waals surface area contributed by atoms with Crippen LogP contribution in [0.1, 0.15) is 56.2 Å². The Morgan fingerprint density at radius 3 is 2.07 bits per heavy atom. The summed E-state index contributed by atoms with van der Waals surface area (Å²) in [5.41, 5.74) is 8.87. The number of likely N-dealkylation sites (N-methyl/N-ethyl adjacent to an activating group) is 2. The number of amides is 3. The highest BCUT2D eigenvalue weighted by molar-refractivity contribution is 6.31. The van der Waals surface area contributed by atoms with Crippen molar-refractivity contribution < 1.29 is 38.4 Å². The van der Waals surface area contributed by atoms with Crippen molar-refractivity contribution in [2.24, 2.45) is 5.92 Å². The van der Waals surface area contributed by atoms with Crippen LogP contribution in [0, 0.1) is 5.92 Å². The lowest BCUT2D eigenvalue weighted by Crippen LogP contribution is -2.40. The van der Waals surface area contributed by atoms with Crippen molar-refractivity contribution in [3.05, 3.63) is 91.7 Å². The number of fused-ring (bicyclic) bond motifs is 2. The molecule has 2 saturated heterocycles. The quantitative estimate of drug-likeness (QED) is 0.0728. The molecule has 0 bridgehead atoms. The molecule has 2 aromatic carbocycles. The summed E-state index contributed by atoms with van der Waals surface area (Å²) in [6, 6.07) is 14.3. The molecule has 0 saturated carbocycles. The van der Waals surface area contributed by atoms with Gasteiger partial charge in [0.2, 0.25) is 11.9 Å². The summed E-state index contributed by atoms with van der Waals surface area (Å²) >= 11 is 6.50. The predicted molar refractivity (Wildman–Crippen MR) is 259 cm³/mol. The largest absolute Gasteiger partial charge is 0.478 e. The van der Waals surface area contributed by atoms with Gasteiger partial charge in [-0.15, -0.1) is 0 Å². The van der Waals surface area contributed by atoms with Crippen LogP contribution in [0.4, 0.5) is 11.6 Å². The third-order valence-electron chi connectivity index (χ3n) is 11.7. The van der Waals surface area contributed by atoms with Crippen LogP contribution < -0.4 is 41.9 Å². The third-order valence-corrected chi connectivity index (χ3v) is 12.1. The minimum absolute atomic E-state index is 0.00984. The van der Waals surface area contributed by atoms with E-state index in [4.69, 9.17) is 41.3 Å². The molecule has 2 fully saturated rings. The van der Waals surface area contributed by atoms with Gasteiger partial charge in [0.05, 0.1) is 34.6 Å². The number of pyridine rings is 2. The van der Waals surface area contributed by atoms with Gasteiger partial charge in [-0.05, 0) is 93.0 Å². The number of rotatable bonds is 18. The molecule has 5 aromatic rings. The first-order valence-electron chi connectivity index (χ1n) is 22.9. The van der Waals surface area contributed by atoms with E-state index in [0.717, 1.165) is 60.6 Å². The molecule has 0 aliphatic carbocycles. The van der Waals surface area contributed by atoms with Crippen molar-refractivity contribution in [3.8, 4) is 11.5 Å². The summed E-state index contributed by atoms with van der Waals surface area (Å²) in [5.74, 6) is 0.271. The van der Waals surface area contributed by atoms with Crippen molar-refractivity contribution in [2.45, 2.75) is 70.7 Å². The van der Waals surface area contributed by atoms with Gasteiger partial charge < -0.3 is 59.4 Å². The molecular formula is C48H62ClN9O10. The molecule has 0 radical (unpaired) electrons. The molecule has 68 heavy (non-hydrogen) atoms. The zero-order chi connectivity index (χ0) is 48.7. The Hall–Kier alpha value is -6.28. The first kappa shape index (κ1) is 51.1. The summed E-state index contributed by atoms with van der Waals surface area (Å²) in [7, 11) is 6.57. The average Bonchev–Trinajstić information content (AvgIpc) is 3.35. The fraction of sp³-hybridized carbons (Fsp3) is 0.479. The molecule has 3 aromatic heterocycles. The van der Waals surface area contributed by atoms with Crippen molar-refractivity contribution >= 4 is 62.8 Å². The van der Waals surface area contributed by atoms with Crippen LogP contribution in [0.3, 0.4) is 0 Å². The number of aliphatic hydroxyl groups excluding tert-OH is 1. The Labute approximate surface area is 399 Å². The number of hydrogen-bond acceptors (Lipinski definition) is 14. The maximum atomic E-state index is 13.1. The number of anilines is 2. The second kappa shape index (κ2) is 24.7. The second-order valence-electron chi connectivity index (χ2n) is 16.8. The number of carbonyl (C=O) groups is 3. The van der Waals surface area contributed by atoms with Gasteiger partial charge in [0, 0.05) is 96.4 Å². The molecule has 1 unspecified atom stereocenters. The molecule has 3 amide bonds. The van der Waals surface area contributed by atoms with E-state index in [9.17, 15) is 29.1 Å². The van der Waals surface area contributed by atoms with Gasteiger partial charge in [0.25, 0.3) is 22.9 Å². The molecule has 5 N–H and O–H groups in total. The van der Waals surface area contributed by atoms with E-state index in [1.807, 2.05) is 24.3 Å². The Morgan fingerprint density at radius 1 is 0.868 bits per heavy atom. The van der Waals surface area contributed by atoms with Crippen molar-refractivity contribution in [1.82, 2.24) is 34.6 Å². The standard InChI is InChI=1S/C28H35ClN6O5.C20H27N3O5/c1-30-25(37)17-40-24-15-20-13-18(5-6-23(20)35(27(24)39)9-4-12-36)14-22-21(29)16-31-28(32-22)34-10-7-19(8-11-34)26(38)33(2)3;1-22-18(24)13-28-17-12-14-11-15(21)6-7-16(14)23(20(17)25)8-4-10-27-19-5-2-3-9-26-19/h5-6,13,15-16,19,36H,4,7-12,14,17H2,1-3H3,(H,30,37);6-7,11-12,19H,2-5,8-10,13,21H2,1H3,(H,22,24). The van der Waals surface area contributed by atoms with Crippen LogP contribution in [0.25, 0.3) is 21.8 Å². The van der Waals surface area contributed by atoms with E-state index in [2.05, 4.69) is 20.5 Å². The van der Waals surface area contributed by atoms with E-state index < -0.39 is 0 Å². The number of halogens is 1. The summed E-state index contributed by atoms with van der Waals surface area (Å²) in [5, 5.41) is 16.3. The van der Waals surface area contributed by atoms with Crippen LogP contribution in [-0.2, 0) is 43.4 Å². The number of nitrogens with two attached hydrogens (primary N) is 1. The lowest BCUT2D eigenvalue weighted by atomic mass is 9.96. The zero-order valence-corrected chi connectivity index (χ0v) is 39.9. The van der Waals surface area contributed by atoms with Crippen molar-refractivity contribution in [1.29, 1.82) is 0 Å². The minimum Gasteiger partial charge on any atom is -0.478 e. The number of ether oxygens (including phenoxy) is 4. The maximum absolute atomic E-state index is 13.1. The highest BCUT2D eigenvalue weighted by atomic mass is 35.5. The first-order valence-corrected chi connectivity index (χ1v) is 23.3. The number of nitrogens with one attached hydrogen (secondary N) is 2. The molecular weight excluding hydrogens is 898 g/mol. The Bertz CT molecular complexity index is 2660. The molecule has 0 spiro atoms. The predicted octanol–water partition coefficient (Wildman–Crippen LogP) is 3.49. The van der Waals surface area contributed by atoms with Gasteiger partial charge in [-0.25, -0.2) is 9.97 Å². The molecule has 19 nitrogen and oxygen atoms in total. The SMILES string of the molecule is CNC(=O)COc1cc2cc(Cc3nc(N4CCC(C(=O)N(C)C)CC4)ncc3Cl)ccc2n(CCCO)c1=O.CNC(=O)COc1cc2cc(N)ccc2n(CCCOC2CCCCO2)c1=O. The number of carbonyl (C=O) groups excluding carboxylic acids is 3. The molecule has 366 valence electrons. The third kappa shape index (κ3) is 13.5. The monoisotopic (exact) mass is 959 g/mol. The van der Waals surface area contributed by atoms with Crippen molar-refractivity contribution in [3.63, 3.8) is 0 Å². The number of nitrogen functional groups attached to an aromatic ring is 1. The summed E-state index contributed by atoms with van der Waals surface area (Å²) in [6.45, 7) is 2.81. The fourth-order valence-corrected chi connectivity index (χ4v) is 8.20. The van der Waals surface area contributed by atoms with Gasteiger partial charge in [-0.1, -0.05) is 17.7 Å². The van der Waals surface area contributed by atoms with Gasteiger partial charge in [0.15, 0.2) is 31.0 Å². The van der Waals surface area contributed by atoms with Crippen molar-refractivity contribution in [2.75, 3.05) is 84.9 Å². The number of aromatic nitrogens is 4. The zero-order valence-electron chi connectivity index (χ0n) is 39.1. The number of aliphatic hydroxyl groups is 1. The Morgan fingerprint density at radius 2 is 1.49 bits per heavy atom. The fourth-order valence-electron chi connectivity index (χ4n) is 8.04. The highest BCUT2D eigenvalue weighted by Gasteiger charge is 2.27. The normalized spacial score (nSPS) is 15.1. The smallest absolute Gasteiger partial charge is 0.293 e. The van der Waals surface area contributed by atoms with Crippen LogP contribution >= 0.6 is 11.6 Å².